The number of aromatic nitrogens is 4. The van der Waals surface area contributed by atoms with Crippen molar-refractivity contribution in [1.29, 1.82) is 0 Å². The van der Waals surface area contributed by atoms with Crippen LogP contribution in [0.2, 0.25) is 0 Å². The van der Waals surface area contributed by atoms with Gasteiger partial charge >= 0.3 is 0 Å². The first-order valence-corrected chi connectivity index (χ1v) is 10.8. The van der Waals surface area contributed by atoms with Gasteiger partial charge in [-0.05, 0) is 35.8 Å². The molecule has 3 aromatic heterocycles. The Kier molecular flexibility index (Phi) is 5.44. The van der Waals surface area contributed by atoms with Gasteiger partial charge in [-0.15, -0.1) is 0 Å². The van der Waals surface area contributed by atoms with Crippen molar-refractivity contribution >= 4 is 17.3 Å². The molecule has 0 fully saturated rings. The summed E-state index contributed by atoms with van der Waals surface area (Å²) in [6.07, 6.45) is 9.80. The van der Waals surface area contributed by atoms with Crippen LogP contribution in [-0.4, -0.2) is 38.4 Å². The number of hydrogen-bond donors (Lipinski definition) is 1. The van der Waals surface area contributed by atoms with Crippen LogP contribution < -0.4 is 10.5 Å². The summed E-state index contributed by atoms with van der Waals surface area (Å²) in [4.78, 5) is 39.7. The van der Waals surface area contributed by atoms with Gasteiger partial charge in [0, 0.05) is 67.7 Å². The third-order valence-electron chi connectivity index (χ3n) is 5.90. The molecule has 1 aromatic carbocycles. The largest absolute Gasteiger partial charge is 0.367 e. The minimum Gasteiger partial charge on any atom is -0.367 e. The molecule has 4 heterocycles. The van der Waals surface area contributed by atoms with Gasteiger partial charge < -0.3 is 9.88 Å². The fourth-order valence-electron chi connectivity index (χ4n) is 4.17. The number of pyridine rings is 1. The molecule has 0 radical (unpaired) electrons. The zero-order valence-corrected chi connectivity index (χ0v) is 18.2. The summed E-state index contributed by atoms with van der Waals surface area (Å²) in [5.74, 6) is 0.587. The van der Waals surface area contributed by atoms with Crippen molar-refractivity contribution in [1.82, 2.24) is 19.5 Å². The number of ketones is 1. The lowest BCUT2D eigenvalue weighted by Crippen LogP contribution is -2.35. The van der Waals surface area contributed by atoms with Gasteiger partial charge in [0.2, 0.25) is 5.95 Å². The van der Waals surface area contributed by atoms with Crippen LogP contribution in [0.3, 0.4) is 0 Å². The second-order valence-electron chi connectivity index (χ2n) is 7.99. The summed E-state index contributed by atoms with van der Waals surface area (Å²) < 4.78 is 1.57. The van der Waals surface area contributed by atoms with Gasteiger partial charge in [-0.3, -0.25) is 19.1 Å². The van der Waals surface area contributed by atoms with Crippen LogP contribution in [0, 0.1) is 0 Å². The highest BCUT2D eigenvalue weighted by Gasteiger charge is 2.22. The van der Waals surface area contributed by atoms with E-state index in [1.165, 1.54) is 0 Å². The van der Waals surface area contributed by atoms with Gasteiger partial charge in [0.1, 0.15) is 0 Å². The molecule has 7 heteroatoms. The molecular formula is C26H23N5O2. The maximum Gasteiger partial charge on any atom is 0.255 e. The Morgan fingerprint density at radius 3 is 2.70 bits per heavy atom. The fraction of sp³-hybridized carbons (Fsp3) is 0.154. The number of benzene rings is 1. The normalized spacial score (nSPS) is 13.6. The van der Waals surface area contributed by atoms with Gasteiger partial charge in [0.15, 0.2) is 5.78 Å². The molecule has 0 spiro atoms. The molecule has 0 bridgehead atoms. The molecule has 164 valence electrons. The molecule has 7 nitrogen and oxygen atoms in total. The Bertz CT molecular complexity index is 1390. The SMILES string of the molecule is Cn1c(N2CCC=C(c3ccccc3C(=O)c3cc[nH]c3)C2)nc(-c2ccncc2)cc1=O. The molecule has 0 saturated heterocycles. The van der Waals surface area contributed by atoms with E-state index in [-0.39, 0.29) is 11.3 Å². The molecule has 0 saturated carbocycles. The molecule has 0 amide bonds. The second-order valence-corrected chi connectivity index (χ2v) is 7.99. The Labute approximate surface area is 191 Å². The van der Waals surface area contributed by atoms with Gasteiger partial charge in [-0.25, -0.2) is 4.98 Å². The maximum atomic E-state index is 13.1. The first-order chi connectivity index (χ1) is 16.1. The van der Waals surface area contributed by atoms with Gasteiger partial charge in [0.25, 0.3) is 5.56 Å². The number of nitrogens with one attached hydrogen (secondary N) is 1. The molecule has 0 unspecified atom stereocenters. The predicted molar refractivity (Wildman–Crippen MR) is 128 cm³/mol. The Balaban J connectivity index is 1.50. The number of nitrogens with zero attached hydrogens (tertiary/aromatic N) is 4. The number of rotatable bonds is 5. The van der Waals surface area contributed by atoms with Crippen molar-refractivity contribution in [3.8, 4) is 11.3 Å². The lowest BCUT2D eigenvalue weighted by molar-refractivity contribution is 0.103. The topological polar surface area (TPSA) is 83.9 Å². The number of aromatic amines is 1. The van der Waals surface area contributed by atoms with Crippen LogP contribution >= 0.6 is 0 Å². The quantitative estimate of drug-likeness (QED) is 0.482. The highest BCUT2D eigenvalue weighted by molar-refractivity contribution is 6.11. The van der Waals surface area contributed by atoms with Crippen molar-refractivity contribution in [3.63, 3.8) is 0 Å². The van der Waals surface area contributed by atoms with Crippen molar-refractivity contribution in [3.05, 3.63) is 106 Å². The molecule has 5 rings (SSSR count). The monoisotopic (exact) mass is 437 g/mol. The average molecular weight is 438 g/mol. The molecular weight excluding hydrogens is 414 g/mol. The van der Waals surface area contributed by atoms with E-state index in [0.717, 1.165) is 29.7 Å². The molecule has 1 N–H and O–H groups in total. The smallest absolute Gasteiger partial charge is 0.255 e. The predicted octanol–water partition coefficient (Wildman–Crippen LogP) is 3.70. The molecule has 0 atom stereocenters. The Hall–Kier alpha value is -4.26. The van der Waals surface area contributed by atoms with Crippen LogP contribution in [-0.2, 0) is 7.05 Å². The third-order valence-corrected chi connectivity index (χ3v) is 5.90. The van der Waals surface area contributed by atoms with E-state index in [1.807, 2.05) is 36.4 Å². The third kappa shape index (κ3) is 4.01. The summed E-state index contributed by atoms with van der Waals surface area (Å²) in [5.41, 5.74) is 4.59. The van der Waals surface area contributed by atoms with E-state index in [0.29, 0.717) is 29.3 Å². The first kappa shape index (κ1) is 20.6. The van der Waals surface area contributed by atoms with E-state index in [4.69, 9.17) is 4.98 Å². The van der Waals surface area contributed by atoms with E-state index in [2.05, 4.69) is 20.9 Å². The van der Waals surface area contributed by atoms with Crippen LogP contribution in [0.4, 0.5) is 5.95 Å². The Morgan fingerprint density at radius 1 is 1.09 bits per heavy atom. The number of hydrogen-bond acceptors (Lipinski definition) is 5. The zero-order chi connectivity index (χ0) is 22.8. The van der Waals surface area contributed by atoms with Crippen LogP contribution in [0.5, 0.6) is 0 Å². The van der Waals surface area contributed by atoms with E-state index < -0.39 is 0 Å². The molecule has 1 aliphatic rings. The Morgan fingerprint density at radius 2 is 1.91 bits per heavy atom. The summed E-state index contributed by atoms with van der Waals surface area (Å²) in [6.45, 7) is 1.29. The van der Waals surface area contributed by atoms with E-state index in [9.17, 15) is 9.59 Å². The number of anilines is 1. The fourth-order valence-corrected chi connectivity index (χ4v) is 4.17. The molecule has 4 aromatic rings. The summed E-state index contributed by atoms with van der Waals surface area (Å²) in [6, 6.07) is 14.7. The lowest BCUT2D eigenvalue weighted by atomic mass is 9.92. The van der Waals surface area contributed by atoms with Gasteiger partial charge in [-0.2, -0.15) is 0 Å². The molecule has 0 aliphatic carbocycles. The zero-order valence-electron chi connectivity index (χ0n) is 18.2. The summed E-state index contributed by atoms with van der Waals surface area (Å²) in [7, 11) is 1.74. The minimum absolute atomic E-state index is 0.0184. The number of H-pyrrole nitrogens is 1. The van der Waals surface area contributed by atoms with Crippen LogP contribution in [0.15, 0.2) is 84.2 Å². The lowest BCUT2D eigenvalue weighted by Gasteiger charge is -2.30. The van der Waals surface area contributed by atoms with Gasteiger partial charge in [-0.1, -0.05) is 30.3 Å². The summed E-state index contributed by atoms with van der Waals surface area (Å²) in [5, 5.41) is 0. The van der Waals surface area contributed by atoms with E-state index in [1.54, 1.807) is 48.5 Å². The van der Waals surface area contributed by atoms with Crippen LogP contribution in [0.1, 0.15) is 27.9 Å². The number of carbonyl (C=O) groups is 1. The first-order valence-electron chi connectivity index (χ1n) is 10.8. The van der Waals surface area contributed by atoms with E-state index >= 15 is 0 Å². The van der Waals surface area contributed by atoms with Crippen molar-refractivity contribution < 1.29 is 4.79 Å². The maximum absolute atomic E-state index is 13.1. The van der Waals surface area contributed by atoms with Crippen molar-refractivity contribution in [2.24, 2.45) is 7.05 Å². The highest BCUT2D eigenvalue weighted by Crippen LogP contribution is 2.28. The van der Waals surface area contributed by atoms with Gasteiger partial charge in [0.05, 0.1) is 5.69 Å². The second kappa shape index (κ2) is 8.70. The standard InChI is InChI=1S/C26H23N5O2/c1-30-24(32)15-23(18-8-11-27-12-9-18)29-26(30)31-14-4-5-20(17-31)21-6-2-3-7-22(21)25(33)19-10-13-28-16-19/h2-3,5-13,15-16,28H,4,14,17H2,1H3. The highest BCUT2D eigenvalue weighted by atomic mass is 16.1. The van der Waals surface area contributed by atoms with Crippen molar-refractivity contribution in [2.75, 3.05) is 18.0 Å². The number of carbonyl (C=O) groups excluding carboxylic acids is 1. The summed E-state index contributed by atoms with van der Waals surface area (Å²) >= 11 is 0. The average Bonchev–Trinajstić information content (AvgIpc) is 3.41. The van der Waals surface area contributed by atoms with Crippen LogP contribution in [0.25, 0.3) is 16.8 Å². The minimum atomic E-state index is -0.119. The van der Waals surface area contributed by atoms with Crippen molar-refractivity contribution in [2.45, 2.75) is 6.42 Å². The molecule has 1 aliphatic heterocycles. The molecule has 33 heavy (non-hydrogen) atoms.